The second kappa shape index (κ2) is 6.32. The zero-order valence-corrected chi connectivity index (χ0v) is 8.36. The van der Waals surface area contributed by atoms with E-state index in [4.69, 9.17) is 20.1 Å². The Bertz CT molecular complexity index is 127. The molecule has 0 aromatic rings. The third kappa shape index (κ3) is 4.57. The minimum Gasteiger partial charge on any atom is -0.396 e. The van der Waals surface area contributed by atoms with E-state index in [2.05, 4.69) is 6.92 Å². The van der Waals surface area contributed by atoms with Crippen LogP contribution in [0.25, 0.3) is 0 Å². The van der Waals surface area contributed by atoms with Gasteiger partial charge in [-0.3, -0.25) is 0 Å². The first kappa shape index (κ1) is 12.8. The number of hydrogen-bond acceptors (Lipinski definition) is 4. The van der Waals surface area contributed by atoms with Crippen molar-refractivity contribution >= 4 is 0 Å². The average molecular weight is 192 g/mol. The Labute approximate surface area is 79.2 Å². The quantitative estimate of drug-likeness (QED) is 0.395. The van der Waals surface area contributed by atoms with E-state index < -0.39 is 11.7 Å². The molecule has 0 aliphatic rings. The first-order valence-corrected chi connectivity index (χ1v) is 4.61. The molecule has 4 heteroatoms. The van der Waals surface area contributed by atoms with E-state index in [0.717, 1.165) is 12.8 Å². The molecule has 0 saturated heterocycles. The molecule has 0 radical (unpaired) electrons. The van der Waals surface area contributed by atoms with Gasteiger partial charge in [-0.25, -0.2) is 0 Å². The average Bonchev–Trinajstić information content (AvgIpc) is 2.12. The van der Waals surface area contributed by atoms with Gasteiger partial charge in [0.15, 0.2) is 6.29 Å². The molecule has 4 nitrogen and oxygen atoms in total. The summed E-state index contributed by atoms with van der Waals surface area (Å²) in [5.74, 6) is 0. The number of ether oxygens (including phenoxy) is 1. The lowest BCUT2D eigenvalue weighted by molar-refractivity contribution is -0.167. The first-order chi connectivity index (χ1) is 6.06. The van der Waals surface area contributed by atoms with Crippen LogP contribution in [0.5, 0.6) is 0 Å². The largest absolute Gasteiger partial charge is 0.396 e. The molecule has 1 atom stereocenters. The summed E-state index contributed by atoms with van der Waals surface area (Å²) in [6.07, 6.45) is 0.444. The van der Waals surface area contributed by atoms with Crippen LogP contribution in [-0.2, 0) is 4.74 Å². The van der Waals surface area contributed by atoms with Crippen LogP contribution in [0.3, 0.4) is 0 Å². The van der Waals surface area contributed by atoms with Crippen molar-refractivity contribution in [3.8, 4) is 0 Å². The molecule has 0 amide bonds. The fraction of sp³-hybridized carbons (Fsp3) is 1.00. The van der Waals surface area contributed by atoms with Gasteiger partial charge >= 0.3 is 0 Å². The van der Waals surface area contributed by atoms with Crippen LogP contribution < -0.4 is 0 Å². The highest BCUT2D eigenvalue weighted by Gasteiger charge is 2.31. The van der Waals surface area contributed by atoms with E-state index >= 15 is 0 Å². The fourth-order valence-electron chi connectivity index (χ4n) is 0.754. The van der Waals surface area contributed by atoms with Gasteiger partial charge < -0.3 is 20.1 Å². The fourth-order valence-corrected chi connectivity index (χ4v) is 0.754. The van der Waals surface area contributed by atoms with Crippen LogP contribution in [0.4, 0.5) is 0 Å². The molecule has 0 fully saturated rings. The van der Waals surface area contributed by atoms with E-state index in [1.54, 1.807) is 6.92 Å². The van der Waals surface area contributed by atoms with Gasteiger partial charge in [0.2, 0.25) is 0 Å². The molecule has 0 spiro atoms. The summed E-state index contributed by atoms with van der Waals surface area (Å²) in [7, 11) is 0. The molecule has 3 N–H and O–H groups in total. The predicted octanol–water partition coefficient (Wildman–Crippen LogP) is 0.112. The lowest BCUT2D eigenvalue weighted by atomic mass is 9.92. The molecule has 0 rings (SSSR count). The third-order valence-electron chi connectivity index (χ3n) is 2.06. The van der Waals surface area contributed by atoms with Crippen molar-refractivity contribution < 1.29 is 20.1 Å². The monoisotopic (exact) mass is 192 g/mol. The summed E-state index contributed by atoms with van der Waals surface area (Å²) in [4.78, 5) is 0. The Morgan fingerprint density at radius 2 is 2.00 bits per heavy atom. The minimum atomic E-state index is -1.54. The van der Waals surface area contributed by atoms with Gasteiger partial charge in [0.05, 0.1) is 18.6 Å². The Hall–Kier alpha value is -0.160. The van der Waals surface area contributed by atoms with Crippen molar-refractivity contribution in [2.45, 2.75) is 33.0 Å². The third-order valence-corrected chi connectivity index (χ3v) is 2.06. The number of aliphatic hydroxyl groups excluding tert-OH is 2. The SMILES string of the molecule is CCCCOCC(C)(CO)C(O)O. The highest BCUT2D eigenvalue weighted by Crippen LogP contribution is 2.19. The Morgan fingerprint density at radius 1 is 1.38 bits per heavy atom. The number of rotatable bonds is 7. The molecule has 0 bridgehead atoms. The van der Waals surface area contributed by atoms with E-state index in [-0.39, 0.29) is 13.2 Å². The van der Waals surface area contributed by atoms with Crippen LogP contribution in [0.1, 0.15) is 26.7 Å². The van der Waals surface area contributed by atoms with Gasteiger partial charge in [0.1, 0.15) is 0 Å². The molecule has 0 aliphatic heterocycles. The highest BCUT2D eigenvalue weighted by molar-refractivity contribution is 4.74. The van der Waals surface area contributed by atoms with Gasteiger partial charge in [-0.1, -0.05) is 20.3 Å². The second-order valence-corrected chi connectivity index (χ2v) is 3.59. The zero-order chi connectivity index (χ0) is 10.3. The van der Waals surface area contributed by atoms with Crippen LogP contribution in [0.15, 0.2) is 0 Å². The molecule has 80 valence electrons. The van der Waals surface area contributed by atoms with Gasteiger partial charge in [-0.15, -0.1) is 0 Å². The summed E-state index contributed by atoms with van der Waals surface area (Å²) in [5, 5.41) is 26.8. The molecular formula is C9H20O4. The smallest absolute Gasteiger partial charge is 0.161 e. The molecular weight excluding hydrogens is 172 g/mol. The van der Waals surface area contributed by atoms with Gasteiger partial charge in [-0.05, 0) is 6.42 Å². The van der Waals surface area contributed by atoms with Crippen molar-refractivity contribution in [3.05, 3.63) is 0 Å². The molecule has 0 aromatic heterocycles. The predicted molar refractivity (Wildman–Crippen MR) is 49.1 cm³/mol. The topological polar surface area (TPSA) is 69.9 Å². The summed E-state index contributed by atoms with van der Waals surface area (Å²) in [6.45, 7) is 4.09. The summed E-state index contributed by atoms with van der Waals surface area (Å²) in [5.41, 5.74) is -0.965. The van der Waals surface area contributed by atoms with Crippen molar-refractivity contribution in [2.75, 3.05) is 19.8 Å². The lowest BCUT2D eigenvalue weighted by Gasteiger charge is -2.28. The maximum atomic E-state index is 8.94. The first-order valence-electron chi connectivity index (χ1n) is 4.61. The molecule has 0 aliphatic carbocycles. The van der Waals surface area contributed by atoms with E-state index in [1.165, 1.54) is 0 Å². The van der Waals surface area contributed by atoms with E-state index in [0.29, 0.717) is 6.61 Å². The van der Waals surface area contributed by atoms with Crippen molar-refractivity contribution in [1.29, 1.82) is 0 Å². The maximum absolute atomic E-state index is 8.94. The van der Waals surface area contributed by atoms with E-state index in [9.17, 15) is 0 Å². The van der Waals surface area contributed by atoms with Crippen molar-refractivity contribution in [2.24, 2.45) is 5.41 Å². The summed E-state index contributed by atoms with van der Waals surface area (Å²) in [6, 6.07) is 0. The normalized spacial score (nSPS) is 16.2. The zero-order valence-electron chi connectivity index (χ0n) is 8.36. The molecule has 0 aromatic carbocycles. The lowest BCUT2D eigenvalue weighted by Crippen LogP contribution is -2.40. The van der Waals surface area contributed by atoms with Gasteiger partial charge in [0, 0.05) is 6.61 Å². The molecule has 0 heterocycles. The number of aliphatic hydroxyl groups is 3. The number of unbranched alkanes of at least 4 members (excludes halogenated alkanes) is 1. The Balaban J connectivity index is 3.71. The van der Waals surface area contributed by atoms with Crippen molar-refractivity contribution in [1.82, 2.24) is 0 Å². The standard InChI is InChI=1S/C9H20O4/c1-3-4-5-13-7-9(2,6-10)8(11)12/h8,10-12H,3-7H2,1-2H3. The van der Waals surface area contributed by atoms with Gasteiger partial charge in [0.25, 0.3) is 0 Å². The van der Waals surface area contributed by atoms with Gasteiger partial charge in [-0.2, -0.15) is 0 Å². The highest BCUT2D eigenvalue weighted by atomic mass is 16.5. The van der Waals surface area contributed by atoms with Crippen molar-refractivity contribution in [3.63, 3.8) is 0 Å². The van der Waals surface area contributed by atoms with Crippen LogP contribution >= 0.6 is 0 Å². The van der Waals surface area contributed by atoms with Crippen LogP contribution in [0.2, 0.25) is 0 Å². The molecule has 0 saturated carbocycles. The maximum Gasteiger partial charge on any atom is 0.161 e. The summed E-state index contributed by atoms with van der Waals surface area (Å²) >= 11 is 0. The van der Waals surface area contributed by atoms with Crippen LogP contribution in [0, 0.1) is 5.41 Å². The van der Waals surface area contributed by atoms with E-state index in [1.807, 2.05) is 0 Å². The molecule has 13 heavy (non-hydrogen) atoms. The minimum absolute atomic E-state index is 0.168. The molecule has 1 unspecified atom stereocenters. The number of hydrogen-bond donors (Lipinski definition) is 3. The second-order valence-electron chi connectivity index (χ2n) is 3.59. The Morgan fingerprint density at radius 3 is 2.38 bits per heavy atom. The summed E-state index contributed by atoms with van der Waals surface area (Å²) < 4.78 is 5.21. The Kier molecular flexibility index (Phi) is 6.24. The van der Waals surface area contributed by atoms with Crippen LogP contribution in [-0.4, -0.2) is 41.4 Å².